The van der Waals surface area contributed by atoms with Crippen molar-refractivity contribution in [3.8, 4) is 0 Å². The summed E-state index contributed by atoms with van der Waals surface area (Å²) in [5.41, 5.74) is 4.74. The van der Waals surface area contributed by atoms with Gasteiger partial charge in [-0.15, -0.1) is 0 Å². The Hall–Kier alpha value is -1.93. The molecular weight excluding hydrogens is 474 g/mol. The van der Waals surface area contributed by atoms with Gasteiger partial charge in [-0.05, 0) is 70.3 Å². The lowest BCUT2D eigenvalue weighted by atomic mass is 10.1. The van der Waals surface area contributed by atoms with Crippen molar-refractivity contribution in [2.45, 2.75) is 40.4 Å². The molecule has 0 radical (unpaired) electrons. The summed E-state index contributed by atoms with van der Waals surface area (Å²) in [6.45, 7) is 7.88. The van der Waals surface area contributed by atoms with Crippen LogP contribution >= 0.6 is 31.9 Å². The molecule has 0 aliphatic rings. The average molecular weight is 495 g/mol. The number of hydrogen-bond donors (Lipinski definition) is 1. The maximum Gasteiger partial charge on any atom is 0.251 e. The average Bonchev–Trinajstić information content (AvgIpc) is 3.14. The molecule has 0 fully saturated rings. The van der Waals surface area contributed by atoms with Crippen LogP contribution in [0.4, 0.5) is 0 Å². The van der Waals surface area contributed by atoms with Crippen molar-refractivity contribution >= 4 is 37.8 Å². The van der Waals surface area contributed by atoms with Crippen molar-refractivity contribution in [1.82, 2.24) is 24.9 Å². The Morgan fingerprint density at radius 3 is 2.44 bits per heavy atom. The van der Waals surface area contributed by atoms with Crippen LogP contribution in [0.2, 0.25) is 0 Å². The third-order valence-corrected chi connectivity index (χ3v) is 6.27. The number of carbonyl (C=O) groups is 1. The van der Waals surface area contributed by atoms with Gasteiger partial charge >= 0.3 is 0 Å². The van der Waals surface area contributed by atoms with Gasteiger partial charge < -0.3 is 5.32 Å². The number of nitrogens with zero attached hydrogens (tertiary/aromatic N) is 4. The van der Waals surface area contributed by atoms with Crippen LogP contribution in [-0.2, 0) is 19.6 Å². The number of aryl methyl sites for hydroxylation is 2. The van der Waals surface area contributed by atoms with Gasteiger partial charge in [-0.3, -0.25) is 14.2 Å². The monoisotopic (exact) mass is 493 g/mol. The van der Waals surface area contributed by atoms with Gasteiger partial charge in [0.05, 0.1) is 45.3 Å². The Morgan fingerprint density at radius 2 is 1.85 bits per heavy atom. The van der Waals surface area contributed by atoms with Crippen molar-refractivity contribution in [3.05, 3.63) is 67.6 Å². The molecule has 0 spiro atoms. The molecule has 6 nitrogen and oxygen atoms in total. The molecule has 1 amide bonds. The van der Waals surface area contributed by atoms with E-state index in [-0.39, 0.29) is 5.91 Å². The van der Waals surface area contributed by atoms with E-state index in [2.05, 4.69) is 47.4 Å². The molecule has 0 saturated heterocycles. The van der Waals surface area contributed by atoms with Crippen LogP contribution in [0.15, 0.2) is 39.4 Å². The first-order valence-electron chi connectivity index (χ1n) is 8.67. The summed E-state index contributed by atoms with van der Waals surface area (Å²) >= 11 is 7.02. The van der Waals surface area contributed by atoms with Crippen LogP contribution in [0.1, 0.15) is 39.9 Å². The molecule has 8 heteroatoms. The van der Waals surface area contributed by atoms with Crippen molar-refractivity contribution in [1.29, 1.82) is 0 Å². The summed E-state index contributed by atoms with van der Waals surface area (Å²) in [4.78, 5) is 12.4. The van der Waals surface area contributed by atoms with E-state index in [1.165, 1.54) is 0 Å². The van der Waals surface area contributed by atoms with E-state index in [0.29, 0.717) is 18.7 Å². The molecule has 0 aliphatic heterocycles. The van der Waals surface area contributed by atoms with E-state index < -0.39 is 0 Å². The zero-order valence-corrected chi connectivity index (χ0v) is 18.6. The lowest BCUT2D eigenvalue weighted by molar-refractivity contribution is 0.0950. The van der Waals surface area contributed by atoms with E-state index in [1.54, 1.807) is 6.20 Å². The summed E-state index contributed by atoms with van der Waals surface area (Å²) in [7, 11) is 0. The fourth-order valence-electron chi connectivity index (χ4n) is 2.87. The minimum atomic E-state index is -0.105. The van der Waals surface area contributed by atoms with Crippen LogP contribution in [0, 0.1) is 13.8 Å². The maximum atomic E-state index is 12.4. The topological polar surface area (TPSA) is 64.7 Å². The third kappa shape index (κ3) is 4.32. The molecule has 2 heterocycles. The Labute approximate surface area is 175 Å². The predicted octanol–water partition coefficient (Wildman–Crippen LogP) is 4.22. The molecule has 1 aromatic carbocycles. The van der Waals surface area contributed by atoms with Crippen LogP contribution in [0.3, 0.4) is 0 Å². The lowest BCUT2D eigenvalue weighted by Crippen LogP contribution is -2.24. The fourth-order valence-corrected chi connectivity index (χ4v) is 3.59. The van der Waals surface area contributed by atoms with Gasteiger partial charge in [-0.1, -0.05) is 12.1 Å². The van der Waals surface area contributed by atoms with Crippen LogP contribution in [-0.4, -0.2) is 25.5 Å². The van der Waals surface area contributed by atoms with E-state index in [1.807, 2.05) is 54.4 Å². The highest BCUT2D eigenvalue weighted by Gasteiger charge is 2.12. The summed E-state index contributed by atoms with van der Waals surface area (Å²) in [6.07, 6.45) is 1.75. The molecule has 3 rings (SSSR count). The number of halogens is 2. The van der Waals surface area contributed by atoms with Gasteiger partial charge in [0.2, 0.25) is 0 Å². The van der Waals surface area contributed by atoms with Gasteiger partial charge in [-0.2, -0.15) is 10.2 Å². The summed E-state index contributed by atoms with van der Waals surface area (Å²) in [5, 5.41) is 11.7. The quantitative estimate of drug-likeness (QED) is 0.558. The van der Waals surface area contributed by atoms with Crippen LogP contribution in [0.25, 0.3) is 0 Å². The van der Waals surface area contributed by atoms with Crippen LogP contribution < -0.4 is 5.32 Å². The maximum absolute atomic E-state index is 12.4. The number of rotatable bonds is 6. The summed E-state index contributed by atoms with van der Waals surface area (Å²) < 4.78 is 5.75. The van der Waals surface area contributed by atoms with Crippen molar-refractivity contribution in [2.24, 2.45) is 0 Å². The first kappa shape index (κ1) is 19.8. The highest BCUT2D eigenvalue weighted by Crippen LogP contribution is 2.21. The van der Waals surface area contributed by atoms with E-state index >= 15 is 0 Å². The normalized spacial score (nSPS) is 11.0. The highest BCUT2D eigenvalue weighted by atomic mass is 79.9. The van der Waals surface area contributed by atoms with Crippen molar-refractivity contribution in [3.63, 3.8) is 0 Å². The molecule has 0 unspecified atom stereocenters. The second-order valence-electron chi connectivity index (χ2n) is 6.28. The molecule has 3 aromatic rings. The van der Waals surface area contributed by atoms with Gasteiger partial charge in [-0.25, -0.2) is 0 Å². The molecule has 2 aromatic heterocycles. The fraction of sp³-hybridized carbons (Fsp3) is 0.316. The molecule has 0 aliphatic carbocycles. The number of nitrogens with one attached hydrogen (secondary N) is 1. The molecule has 0 bridgehead atoms. The van der Waals surface area contributed by atoms with E-state index in [9.17, 15) is 4.79 Å². The van der Waals surface area contributed by atoms with Gasteiger partial charge in [0, 0.05) is 12.1 Å². The second-order valence-corrected chi connectivity index (χ2v) is 7.92. The van der Waals surface area contributed by atoms with Gasteiger partial charge in [0.15, 0.2) is 0 Å². The summed E-state index contributed by atoms with van der Waals surface area (Å²) in [6, 6.07) is 7.62. The van der Waals surface area contributed by atoms with Gasteiger partial charge in [0.1, 0.15) is 0 Å². The van der Waals surface area contributed by atoms with E-state index in [4.69, 9.17) is 0 Å². The molecule has 0 atom stereocenters. The molecule has 142 valence electrons. The number of amides is 1. The minimum absolute atomic E-state index is 0.105. The van der Waals surface area contributed by atoms with Crippen molar-refractivity contribution in [2.75, 3.05) is 0 Å². The first-order chi connectivity index (χ1) is 12.9. The molecule has 27 heavy (non-hydrogen) atoms. The van der Waals surface area contributed by atoms with Gasteiger partial charge in [0.25, 0.3) is 5.91 Å². The number of aromatic nitrogens is 4. The summed E-state index contributed by atoms with van der Waals surface area (Å²) in [5.74, 6) is -0.105. The Bertz CT molecular complexity index is 959. The number of carbonyl (C=O) groups excluding carboxylic acids is 1. The standard InChI is InChI=1S/C19H21Br2N5O/c1-4-25-17(16(20)9-23-25)10-22-19(27)15-7-5-14(6-8-15)11-26-13(3)18(21)12(2)24-26/h5-9H,4,10-11H2,1-3H3,(H,22,27). The third-order valence-electron chi connectivity index (χ3n) is 4.46. The lowest BCUT2D eigenvalue weighted by Gasteiger charge is -2.09. The van der Waals surface area contributed by atoms with Crippen LogP contribution in [0.5, 0.6) is 0 Å². The first-order valence-corrected chi connectivity index (χ1v) is 10.3. The second kappa shape index (κ2) is 8.39. The smallest absolute Gasteiger partial charge is 0.251 e. The Morgan fingerprint density at radius 1 is 1.15 bits per heavy atom. The van der Waals surface area contributed by atoms with Crippen molar-refractivity contribution < 1.29 is 4.79 Å². The number of hydrogen-bond acceptors (Lipinski definition) is 3. The minimum Gasteiger partial charge on any atom is -0.346 e. The molecule has 0 saturated carbocycles. The highest BCUT2D eigenvalue weighted by molar-refractivity contribution is 9.10. The Kier molecular flexibility index (Phi) is 6.16. The largest absolute Gasteiger partial charge is 0.346 e. The zero-order valence-electron chi connectivity index (χ0n) is 15.5. The predicted molar refractivity (Wildman–Crippen MR) is 112 cm³/mol. The number of benzene rings is 1. The molecule has 1 N–H and O–H groups in total. The zero-order chi connectivity index (χ0) is 19.6. The molecular formula is C19H21Br2N5O. The van der Waals surface area contributed by atoms with E-state index in [0.717, 1.165) is 38.1 Å². The SMILES string of the molecule is CCn1ncc(Br)c1CNC(=O)c1ccc(Cn2nc(C)c(Br)c2C)cc1. The Balaban J connectivity index is 1.65.